The van der Waals surface area contributed by atoms with Gasteiger partial charge in [0.25, 0.3) is 0 Å². The Morgan fingerprint density at radius 2 is 1.85 bits per heavy atom. The van der Waals surface area contributed by atoms with Crippen LogP contribution in [0, 0.1) is 0 Å². The van der Waals surface area contributed by atoms with Crippen LogP contribution in [0.5, 0.6) is 0 Å². The Morgan fingerprint density at radius 3 is 2.31 bits per heavy atom. The average molecular weight is 184 g/mol. The zero-order valence-corrected chi connectivity index (χ0v) is 8.42. The predicted molar refractivity (Wildman–Crippen MR) is 52.5 cm³/mol. The van der Waals surface area contributed by atoms with Crippen LogP contribution in [0.3, 0.4) is 0 Å². The maximum Gasteiger partial charge on any atom is 0.108 e. The van der Waals surface area contributed by atoms with E-state index >= 15 is 0 Å². The molecular formula is C10H20N2O. The lowest BCUT2D eigenvalue weighted by atomic mass is 9.73. The maximum atomic E-state index is 10.3. The van der Waals surface area contributed by atoms with Crippen LogP contribution in [0.25, 0.3) is 0 Å². The van der Waals surface area contributed by atoms with Gasteiger partial charge < -0.3 is 10.8 Å². The minimum atomic E-state index is -0.584. The van der Waals surface area contributed by atoms with Crippen molar-refractivity contribution in [3.63, 3.8) is 0 Å². The molecule has 3 N–H and O–H groups in total. The molecule has 1 aliphatic carbocycles. The lowest BCUT2D eigenvalue weighted by Crippen LogP contribution is -2.75. The molecule has 2 fully saturated rings. The lowest BCUT2D eigenvalue weighted by molar-refractivity contribution is -0.143. The highest BCUT2D eigenvalue weighted by Crippen LogP contribution is 2.41. The Kier molecular flexibility index (Phi) is 2.13. The standard InChI is InChI=1S/C10H20N2O/c1-2-12-7-10(13,8-12)9(11)5-3-4-6-9/h13H,2-8,11H2,1H3. The van der Waals surface area contributed by atoms with Crippen molar-refractivity contribution in [1.82, 2.24) is 4.90 Å². The lowest BCUT2D eigenvalue weighted by Gasteiger charge is -2.54. The molecule has 3 nitrogen and oxygen atoms in total. The molecule has 3 heteroatoms. The molecule has 1 aliphatic heterocycles. The minimum absolute atomic E-state index is 0.279. The number of nitrogens with zero attached hydrogens (tertiary/aromatic N) is 1. The van der Waals surface area contributed by atoms with Crippen LogP contribution >= 0.6 is 0 Å². The Hall–Kier alpha value is -0.120. The van der Waals surface area contributed by atoms with Crippen molar-refractivity contribution in [2.45, 2.75) is 43.7 Å². The molecule has 1 heterocycles. The maximum absolute atomic E-state index is 10.3. The van der Waals surface area contributed by atoms with Crippen LogP contribution in [0.2, 0.25) is 0 Å². The van der Waals surface area contributed by atoms with E-state index in [0.29, 0.717) is 0 Å². The number of likely N-dealkylation sites (tertiary alicyclic amines) is 1. The summed E-state index contributed by atoms with van der Waals surface area (Å²) in [4.78, 5) is 2.24. The fraction of sp³-hybridized carbons (Fsp3) is 1.00. The van der Waals surface area contributed by atoms with Crippen molar-refractivity contribution in [1.29, 1.82) is 0 Å². The normalized spacial score (nSPS) is 31.6. The summed E-state index contributed by atoms with van der Waals surface area (Å²) in [6, 6.07) is 0. The van der Waals surface area contributed by atoms with E-state index in [1.165, 1.54) is 12.8 Å². The fourth-order valence-electron chi connectivity index (χ4n) is 2.70. The molecule has 13 heavy (non-hydrogen) atoms. The number of aliphatic hydroxyl groups is 1. The summed E-state index contributed by atoms with van der Waals surface area (Å²) < 4.78 is 0. The van der Waals surface area contributed by atoms with Crippen molar-refractivity contribution in [2.75, 3.05) is 19.6 Å². The van der Waals surface area contributed by atoms with Crippen molar-refractivity contribution in [2.24, 2.45) is 5.73 Å². The zero-order valence-electron chi connectivity index (χ0n) is 8.42. The summed E-state index contributed by atoms with van der Waals surface area (Å²) in [5.41, 5.74) is 5.38. The minimum Gasteiger partial charge on any atom is -0.385 e. The van der Waals surface area contributed by atoms with Gasteiger partial charge in [0.1, 0.15) is 5.60 Å². The molecule has 2 aliphatic rings. The van der Waals surface area contributed by atoms with Crippen molar-refractivity contribution in [3.05, 3.63) is 0 Å². The van der Waals surface area contributed by atoms with Gasteiger partial charge in [0.15, 0.2) is 0 Å². The summed E-state index contributed by atoms with van der Waals surface area (Å²) >= 11 is 0. The van der Waals surface area contributed by atoms with E-state index < -0.39 is 5.60 Å². The molecule has 0 radical (unpaired) electrons. The Labute approximate surface area is 79.9 Å². The molecule has 76 valence electrons. The van der Waals surface area contributed by atoms with E-state index in [2.05, 4.69) is 11.8 Å². The molecule has 0 aromatic rings. The molecule has 0 aromatic carbocycles. The van der Waals surface area contributed by atoms with Crippen LogP contribution in [-0.4, -0.2) is 40.8 Å². The highest BCUT2D eigenvalue weighted by Gasteiger charge is 2.55. The van der Waals surface area contributed by atoms with Gasteiger partial charge in [-0.05, 0) is 19.4 Å². The third kappa shape index (κ3) is 1.30. The molecule has 0 spiro atoms. The van der Waals surface area contributed by atoms with Crippen LogP contribution in [-0.2, 0) is 0 Å². The van der Waals surface area contributed by atoms with Gasteiger partial charge in [0.05, 0.1) is 0 Å². The monoisotopic (exact) mass is 184 g/mol. The van der Waals surface area contributed by atoms with E-state index in [4.69, 9.17) is 5.73 Å². The fourth-order valence-corrected chi connectivity index (χ4v) is 2.70. The Bertz CT molecular complexity index is 193. The molecule has 1 saturated heterocycles. The first-order chi connectivity index (χ1) is 6.10. The second-order valence-electron chi connectivity index (χ2n) is 4.70. The average Bonchev–Trinajstić information content (AvgIpc) is 2.47. The first-order valence-electron chi connectivity index (χ1n) is 5.33. The van der Waals surface area contributed by atoms with Gasteiger partial charge in [-0.2, -0.15) is 0 Å². The Balaban J connectivity index is 2.00. The third-order valence-corrected chi connectivity index (χ3v) is 3.84. The quantitative estimate of drug-likeness (QED) is 0.650. The number of likely N-dealkylation sites (N-methyl/N-ethyl adjacent to an activating group) is 1. The number of rotatable bonds is 2. The van der Waals surface area contributed by atoms with E-state index in [-0.39, 0.29) is 5.54 Å². The van der Waals surface area contributed by atoms with E-state index in [1.54, 1.807) is 0 Å². The molecule has 0 atom stereocenters. The molecule has 1 saturated carbocycles. The summed E-state index contributed by atoms with van der Waals surface area (Å²) in [5, 5.41) is 10.3. The van der Waals surface area contributed by atoms with Crippen LogP contribution in [0.15, 0.2) is 0 Å². The smallest absolute Gasteiger partial charge is 0.108 e. The van der Waals surface area contributed by atoms with Gasteiger partial charge >= 0.3 is 0 Å². The second-order valence-corrected chi connectivity index (χ2v) is 4.70. The van der Waals surface area contributed by atoms with Gasteiger partial charge in [-0.25, -0.2) is 0 Å². The Morgan fingerprint density at radius 1 is 1.31 bits per heavy atom. The van der Waals surface area contributed by atoms with Crippen LogP contribution in [0.4, 0.5) is 0 Å². The third-order valence-electron chi connectivity index (χ3n) is 3.84. The molecule has 2 rings (SSSR count). The first-order valence-corrected chi connectivity index (χ1v) is 5.33. The summed E-state index contributed by atoms with van der Waals surface area (Å²) in [7, 11) is 0. The number of hydrogen-bond acceptors (Lipinski definition) is 3. The van der Waals surface area contributed by atoms with Gasteiger partial charge in [-0.15, -0.1) is 0 Å². The molecule has 0 aromatic heterocycles. The van der Waals surface area contributed by atoms with E-state index in [0.717, 1.165) is 32.5 Å². The number of nitrogens with two attached hydrogens (primary N) is 1. The molecule has 0 bridgehead atoms. The van der Waals surface area contributed by atoms with E-state index in [9.17, 15) is 5.11 Å². The van der Waals surface area contributed by atoms with Gasteiger partial charge in [0, 0.05) is 18.6 Å². The molecule has 0 amide bonds. The summed E-state index contributed by atoms with van der Waals surface area (Å²) in [5.74, 6) is 0. The highest BCUT2D eigenvalue weighted by atomic mass is 16.3. The second kappa shape index (κ2) is 2.94. The van der Waals surface area contributed by atoms with Gasteiger partial charge in [-0.1, -0.05) is 19.8 Å². The zero-order chi connectivity index (χ0) is 9.53. The molecular weight excluding hydrogens is 164 g/mol. The van der Waals surface area contributed by atoms with Crippen molar-refractivity contribution >= 4 is 0 Å². The number of β-amino-alcohol motifs (C(OH)–C–C–N with tert-alkyl or cyclic N) is 1. The van der Waals surface area contributed by atoms with Crippen molar-refractivity contribution in [3.8, 4) is 0 Å². The largest absolute Gasteiger partial charge is 0.385 e. The predicted octanol–water partition coefficient (Wildman–Crippen LogP) is 0.324. The summed E-state index contributed by atoms with van der Waals surface area (Å²) in [6.07, 6.45) is 4.37. The van der Waals surface area contributed by atoms with Gasteiger partial charge in [-0.3, -0.25) is 4.90 Å². The summed E-state index contributed by atoms with van der Waals surface area (Å²) in [6.45, 7) is 4.70. The molecule has 0 unspecified atom stereocenters. The SMILES string of the molecule is CCN1CC(O)(C2(N)CCCC2)C1. The van der Waals surface area contributed by atoms with Crippen molar-refractivity contribution < 1.29 is 5.11 Å². The van der Waals surface area contributed by atoms with Crippen LogP contribution in [0.1, 0.15) is 32.6 Å². The van der Waals surface area contributed by atoms with E-state index in [1.807, 2.05) is 0 Å². The first kappa shape index (κ1) is 9.44. The number of hydrogen-bond donors (Lipinski definition) is 2. The van der Waals surface area contributed by atoms with Gasteiger partial charge in [0.2, 0.25) is 0 Å². The topological polar surface area (TPSA) is 49.5 Å². The highest BCUT2D eigenvalue weighted by molar-refractivity contribution is 5.13. The van der Waals surface area contributed by atoms with Crippen LogP contribution < -0.4 is 5.73 Å².